The number of nitrogens with zero attached hydrogens (tertiary/aromatic N) is 3. The van der Waals surface area contributed by atoms with Gasteiger partial charge in [-0.3, -0.25) is 0 Å². The van der Waals surface area contributed by atoms with Gasteiger partial charge in [-0.2, -0.15) is 9.61 Å². The van der Waals surface area contributed by atoms with Crippen molar-refractivity contribution in [2.24, 2.45) is 5.41 Å². The Kier molecular flexibility index (Phi) is 6.31. The first kappa shape index (κ1) is 22.0. The van der Waals surface area contributed by atoms with Gasteiger partial charge in [0.15, 0.2) is 5.65 Å². The molecule has 2 heterocycles. The first-order chi connectivity index (χ1) is 14.1. The summed E-state index contributed by atoms with van der Waals surface area (Å²) >= 11 is 6.57. The zero-order chi connectivity index (χ0) is 22.1. The highest BCUT2D eigenvalue weighted by molar-refractivity contribution is 6.30. The predicted molar refractivity (Wildman–Crippen MR) is 116 cm³/mol. The molecule has 160 valence electrons. The second kappa shape index (κ2) is 8.60. The van der Waals surface area contributed by atoms with Gasteiger partial charge in [0.25, 0.3) is 0 Å². The number of aromatic nitrogens is 3. The first-order valence-corrected chi connectivity index (χ1v) is 10.2. The van der Waals surface area contributed by atoms with Crippen molar-refractivity contribution >= 4 is 29.0 Å². The largest absolute Gasteiger partial charge is 0.462 e. The molecule has 0 radical (unpaired) electrons. The molecule has 1 aromatic carbocycles. The van der Waals surface area contributed by atoms with E-state index < -0.39 is 5.97 Å². The highest BCUT2D eigenvalue weighted by atomic mass is 35.5. The van der Waals surface area contributed by atoms with E-state index in [0.29, 0.717) is 23.4 Å². The molecule has 6 nitrogen and oxygen atoms in total. The molecule has 0 fully saturated rings. The van der Waals surface area contributed by atoms with Crippen LogP contribution in [0.1, 0.15) is 56.1 Å². The lowest BCUT2D eigenvalue weighted by atomic mass is 9.88. The summed E-state index contributed by atoms with van der Waals surface area (Å²) in [5, 5.41) is 8.08. The Morgan fingerprint density at radius 2 is 2.10 bits per heavy atom. The van der Waals surface area contributed by atoms with Gasteiger partial charge < -0.3 is 10.1 Å². The number of ether oxygens (including phenoxy) is 1. The summed E-state index contributed by atoms with van der Waals surface area (Å²) in [4.78, 5) is 16.7. The molecule has 0 spiro atoms. The maximum atomic E-state index is 13.7. The SMILES string of the molecule is CCOC(=O)c1cnn2c(NC(C)C(C)(C)C)c(Cc3cccc(F)c3)c(Cl)nc12. The number of nitrogens with one attached hydrogen (secondary N) is 1. The third-order valence-electron chi connectivity index (χ3n) is 5.11. The average Bonchev–Trinajstić information content (AvgIpc) is 3.07. The number of rotatable bonds is 6. The van der Waals surface area contributed by atoms with Gasteiger partial charge in [-0.05, 0) is 37.0 Å². The maximum absolute atomic E-state index is 13.7. The van der Waals surface area contributed by atoms with Crippen molar-refractivity contribution in [2.45, 2.75) is 47.1 Å². The number of anilines is 1. The summed E-state index contributed by atoms with van der Waals surface area (Å²) < 4.78 is 20.4. The lowest BCUT2D eigenvalue weighted by Crippen LogP contribution is -2.32. The summed E-state index contributed by atoms with van der Waals surface area (Å²) in [5.74, 6) is -0.213. The minimum atomic E-state index is -0.510. The molecule has 0 bridgehead atoms. The zero-order valence-corrected chi connectivity index (χ0v) is 18.5. The fourth-order valence-corrected chi connectivity index (χ4v) is 3.17. The topological polar surface area (TPSA) is 68.5 Å². The van der Waals surface area contributed by atoms with E-state index in [4.69, 9.17) is 16.3 Å². The standard InChI is InChI=1S/C22H26ClFN4O2/c1-6-30-21(29)17-12-25-28-19(26-13(2)22(3,4)5)16(18(23)27-20(17)28)11-14-8-7-9-15(24)10-14/h7-10,12-13,26H,6,11H2,1-5H3. The summed E-state index contributed by atoms with van der Waals surface area (Å²) in [6.07, 6.45) is 1.78. The molecule has 3 aromatic rings. The average molecular weight is 433 g/mol. The van der Waals surface area contributed by atoms with E-state index in [0.717, 1.165) is 5.56 Å². The number of benzene rings is 1. The zero-order valence-electron chi connectivity index (χ0n) is 17.8. The summed E-state index contributed by atoms with van der Waals surface area (Å²) in [6, 6.07) is 6.38. The smallest absolute Gasteiger partial charge is 0.343 e. The molecule has 1 unspecified atom stereocenters. The second-order valence-corrected chi connectivity index (χ2v) is 8.64. The Morgan fingerprint density at radius 1 is 1.37 bits per heavy atom. The molecule has 0 aliphatic rings. The third kappa shape index (κ3) is 4.56. The van der Waals surface area contributed by atoms with Crippen molar-refractivity contribution in [1.29, 1.82) is 0 Å². The number of carbonyl (C=O) groups excluding carboxylic acids is 1. The van der Waals surface area contributed by atoms with Crippen LogP contribution in [0.25, 0.3) is 5.65 Å². The van der Waals surface area contributed by atoms with E-state index in [9.17, 15) is 9.18 Å². The summed E-state index contributed by atoms with van der Waals surface area (Å²) in [5.41, 5.74) is 1.91. The van der Waals surface area contributed by atoms with Crippen molar-refractivity contribution in [3.05, 3.63) is 58.1 Å². The molecule has 1 atom stereocenters. The predicted octanol–water partition coefficient (Wildman–Crippen LogP) is 5.14. The Morgan fingerprint density at radius 3 is 2.73 bits per heavy atom. The van der Waals surface area contributed by atoms with Crippen molar-refractivity contribution in [2.75, 3.05) is 11.9 Å². The molecule has 0 saturated carbocycles. The van der Waals surface area contributed by atoms with Gasteiger partial charge in [-0.1, -0.05) is 44.5 Å². The molecule has 3 rings (SSSR count). The molecule has 0 aliphatic heterocycles. The van der Waals surface area contributed by atoms with Gasteiger partial charge in [0.05, 0.1) is 12.8 Å². The van der Waals surface area contributed by atoms with Crippen LogP contribution >= 0.6 is 11.6 Å². The van der Waals surface area contributed by atoms with Crippen LogP contribution in [0.3, 0.4) is 0 Å². The number of hydrogen-bond acceptors (Lipinski definition) is 5. The van der Waals surface area contributed by atoms with Crippen molar-refractivity contribution in [3.63, 3.8) is 0 Å². The number of carbonyl (C=O) groups is 1. The Hall–Kier alpha value is -2.67. The molecule has 1 N–H and O–H groups in total. The maximum Gasteiger partial charge on any atom is 0.343 e. The first-order valence-electron chi connectivity index (χ1n) is 9.86. The molecule has 8 heteroatoms. The van der Waals surface area contributed by atoms with Crippen LogP contribution in [-0.2, 0) is 11.2 Å². The quantitative estimate of drug-likeness (QED) is 0.431. The number of esters is 1. The van der Waals surface area contributed by atoms with Gasteiger partial charge in [-0.15, -0.1) is 0 Å². The van der Waals surface area contributed by atoms with Gasteiger partial charge in [0.1, 0.15) is 22.4 Å². The minimum absolute atomic E-state index is 0.0423. The lowest BCUT2D eigenvalue weighted by Gasteiger charge is -2.30. The van der Waals surface area contributed by atoms with E-state index in [2.05, 4.69) is 43.1 Å². The van der Waals surface area contributed by atoms with Crippen LogP contribution in [0.5, 0.6) is 0 Å². The molecule has 30 heavy (non-hydrogen) atoms. The van der Waals surface area contributed by atoms with Gasteiger partial charge >= 0.3 is 5.97 Å². The fourth-order valence-electron chi connectivity index (χ4n) is 2.93. The van der Waals surface area contributed by atoms with Crippen molar-refractivity contribution in [3.8, 4) is 0 Å². The minimum Gasteiger partial charge on any atom is -0.462 e. The van der Waals surface area contributed by atoms with Crippen LogP contribution in [0, 0.1) is 11.2 Å². The summed E-state index contributed by atoms with van der Waals surface area (Å²) in [7, 11) is 0. The van der Waals surface area contributed by atoms with E-state index in [1.54, 1.807) is 17.5 Å². The lowest BCUT2D eigenvalue weighted by molar-refractivity contribution is 0.0528. The third-order valence-corrected chi connectivity index (χ3v) is 5.42. The van der Waals surface area contributed by atoms with Crippen molar-refractivity contribution < 1.29 is 13.9 Å². The number of fused-ring (bicyclic) bond motifs is 1. The van der Waals surface area contributed by atoms with E-state index in [-0.39, 0.29) is 34.6 Å². The van der Waals surface area contributed by atoms with Crippen molar-refractivity contribution in [1.82, 2.24) is 14.6 Å². The highest BCUT2D eigenvalue weighted by Crippen LogP contribution is 2.31. The van der Waals surface area contributed by atoms with Crippen LogP contribution in [0.15, 0.2) is 30.5 Å². The molecule has 0 saturated heterocycles. The van der Waals surface area contributed by atoms with Gasteiger partial charge in [-0.25, -0.2) is 14.2 Å². The van der Waals surface area contributed by atoms with Gasteiger partial charge in [0.2, 0.25) is 0 Å². The van der Waals surface area contributed by atoms with E-state index >= 15 is 0 Å². The molecule has 0 aliphatic carbocycles. The molecular weight excluding hydrogens is 407 g/mol. The normalized spacial score (nSPS) is 12.8. The number of hydrogen-bond donors (Lipinski definition) is 1. The van der Waals surface area contributed by atoms with Crippen LogP contribution in [0.4, 0.5) is 10.2 Å². The number of halogens is 2. The second-order valence-electron chi connectivity index (χ2n) is 8.28. The van der Waals surface area contributed by atoms with Crippen LogP contribution < -0.4 is 5.32 Å². The molecule has 0 amide bonds. The monoisotopic (exact) mass is 432 g/mol. The Balaban J connectivity index is 2.17. The van der Waals surface area contributed by atoms with E-state index in [1.165, 1.54) is 18.3 Å². The molecular formula is C22H26ClFN4O2. The van der Waals surface area contributed by atoms with Crippen LogP contribution in [-0.4, -0.2) is 33.2 Å². The van der Waals surface area contributed by atoms with Gasteiger partial charge in [0, 0.05) is 18.0 Å². The summed E-state index contributed by atoms with van der Waals surface area (Å²) in [6.45, 7) is 10.4. The van der Waals surface area contributed by atoms with Crippen LogP contribution in [0.2, 0.25) is 5.15 Å². The van der Waals surface area contributed by atoms with E-state index in [1.807, 2.05) is 6.07 Å². The fraction of sp³-hybridized carbons (Fsp3) is 0.409. The Labute approximate surface area is 180 Å². The highest BCUT2D eigenvalue weighted by Gasteiger charge is 2.26. The Bertz CT molecular complexity index is 1070. The molecule has 2 aromatic heterocycles.